The van der Waals surface area contributed by atoms with Gasteiger partial charge in [-0.2, -0.15) is 0 Å². The van der Waals surface area contributed by atoms with Gasteiger partial charge in [-0.05, 0) is 98.4 Å². The zero-order valence-electron chi connectivity index (χ0n) is 27.5. The van der Waals surface area contributed by atoms with E-state index in [0.29, 0.717) is 34.5 Å². The molecule has 2 atom stereocenters. The highest BCUT2D eigenvalue weighted by atomic mass is 16.5. The summed E-state index contributed by atoms with van der Waals surface area (Å²) in [5, 5.41) is 0. The van der Waals surface area contributed by atoms with E-state index in [1.165, 1.54) is 22.3 Å². The Labute approximate surface area is 271 Å². The van der Waals surface area contributed by atoms with Crippen LogP contribution in [0, 0.1) is 0 Å². The number of likely N-dealkylation sites (N-methyl/N-ethyl adjacent to an activating group) is 2. The van der Waals surface area contributed by atoms with Gasteiger partial charge < -0.3 is 28.4 Å². The topological polar surface area (TPSA) is 61.9 Å². The van der Waals surface area contributed by atoms with Crippen LogP contribution in [0.4, 0.5) is 0 Å². The van der Waals surface area contributed by atoms with Crippen LogP contribution in [0.1, 0.15) is 45.5 Å². The fraction of sp³-hybridized carbons (Fsp3) is 0.368. The first-order chi connectivity index (χ1) is 22.4. The van der Waals surface area contributed by atoms with Gasteiger partial charge in [-0.1, -0.05) is 24.3 Å². The Morgan fingerprint density at radius 1 is 0.565 bits per heavy atom. The van der Waals surface area contributed by atoms with E-state index in [2.05, 4.69) is 84.6 Å². The summed E-state index contributed by atoms with van der Waals surface area (Å²) in [4.78, 5) is 4.80. The first-order valence-electron chi connectivity index (χ1n) is 15.9. The van der Waals surface area contributed by atoms with Crippen molar-refractivity contribution in [2.75, 3.05) is 55.6 Å². The Hall–Kier alpha value is -4.40. The van der Waals surface area contributed by atoms with E-state index in [-0.39, 0.29) is 12.1 Å². The van der Waals surface area contributed by atoms with E-state index in [4.69, 9.17) is 28.4 Å². The molecule has 10 rings (SSSR count). The first kappa shape index (κ1) is 30.3. The molecule has 240 valence electrons. The summed E-state index contributed by atoms with van der Waals surface area (Å²) in [6.45, 7) is 1.86. The molecule has 0 N–H and O–H groups in total. The molecule has 6 aliphatic heterocycles. The molecule has 0 spiro atoms. The van der Waals surface area contributed by atoms with Crippen LogP contribution in [-0.4, -0.2) is 65.4 Å². The second kappa shape index (κ2) is 12.4. The van der Waals surface area contributed by atoms with E-state index in [1.807, 2.05) is 0 Å². The standard InChI is InChI=1S/C38H42N2O6/c1-39-17-15-25-21-31(41-3)35(43-5)37-33(25)29(39)19-23-7-11-28(12-8-23)46-38-34-26(22-32(42-4)36(38)44-6)16-18-40(2)30(34)20-24-9-13-27(45-37)14-10-24/h7-14,21-22,29-30H,15-20H2,1-6H3/t29-,30-/m0/s1. The summed E-state index contributed by atoms with van der Waals surface area (Å²) in [7, 11) is 11.1. The largest absolute Gasteiger partial charge is 0.493 e. The summed E-state index contributed by atoms with van der Waals surface area (Å²) < 4.78 is 37.1. The number of hydrogen-bond acceptors (Lipinski definition) is 8. The number of ether oxygens (including phenoxy) is 6. The number of rotatable bonds is 4. The van der Waals surface area contributed by atoms with Crippen LogP contribution in [0.2, 0.25) is 0 Å². The zero-order chi connectivity index (χ0) is 31.9. The van der Waals surface area contributed by atoms with E-state index in [9.17, 15) is 0 Å². The van der Waals surface area contributed by atoms with Gasteiger partial charge in [-0.25, -0.2) is 0 Å². The number of nitrogens with zero attached hydrogens (tertiary/aromatic N) is 2. The first-order valence-corrected chi connectivity index (χ1v) is 15.9. The molecule has 4 bridgehead atoms. The van der Waals surface area contributed by atoms with Crippen LogP contribution < -0.4 is 28.4 Å². The van der Waals surface area contributed by atoms with Gasteiger partial charge in [-0.15, -0.1) is 0 Å². The SMILES string of the molecule is COc1cc2c3c(c1OC)Oc1ccc(cc1)C[C@H]1c4c(cc(OC)c(OC)c4Oc4ccc(cc4)C[C@@H]3N(C)CC2)CCN1C. The molecule has 4 aromatic rings. The molecule has 0 radical (unpaired) electrons. The Bertz CT molecular complexity index is 1610. The van der Waals surface area contributed by atoms with Gasteiger partial charge >= 0.3 is 0 Å². The zero-order valence-corrected chi connectivity index (χ0v) is 27.5. The Morgan fingerprint density at radius 2 is 0.957 bits per heavy atom. The molecule has 0 saturated heterocycles. The van der Waals surface area contributed by atoms with E-state index in [1.54, 1.807) is 28.4 Å². The number of benzene rings is 4. The summed E-state index contributed by atoms with van der Waals surface area (Å²) in [6.07, 6.45) is 3.37. The van der Waals surface area contributed by atoms with Crippen LogP contribution in [0.15, 0.2) is 60.7 Å². The van der Waals surface area contributed by atoms with Crippen molar-refractivity contribution in [3.63, 3.8) is 0 Å². The fourth-order valence-electron chi connectivity index (χ4n) is 7.33. The van der Waals surface area contributed by atoms with E-state index < -0.39 is 0 Å². The lowest BCUT2D eigenvalue weighted by molar-refractivity contribution is 0.220. The maximum absolute atomic E-state index is 6.77. The predicted octanol–water partition coefficient (Wildman–Crippen LogP) is 7.16. The van der Waals surface area contributed by atoms with Gasteiger partial charge in [0.15, 0.2) is 23.0 Å². The van der Waals surface area contributed by atoms with Crippen molar-refractivity contribution in [1.82, 2.24) is 9.80 Å². The second-order valence-corrected chi connectivity index (χ2v) is 12.4. The lowest BCUT2D eigenvalue weighted by Gasteiger charge is -2.37. The van der Waals surface area contributed by atoms with Gasteiger partial charge in [0.2, 0.25) is 11.5 Å². The van der Waals surface area contributed by atoms with Gasteiger partial charge in [0.05, 0.1) is 28.4 Å². The van der Waals surface area contributed by atoms with Gasteiger partial charge in [0, 0.05) is 36.3 Å². The minimum atomic E-state index is 0.0743. The predicted molar refractivity (Wildman–Crippen MR) is 178 cm³/mol. The van der Waals surface area contributed by atoms with Crippen molar-refractivity contribution in [3.05, 3.63) is 94.0 Å². The van der Waals surface area contributed by atoms with Crippen molar-refractivity contribution in [1.29, 1.82) is 0 Å². The van der Waals surface area contributed by atoms with Crippen LogP contribution in [0.3, 0.4) is 0 Å². The second-order valence-electron chi connectivity index (χ2n) is 12.4. The smallest absolute Gasteiger partial charge is 0.204 e. The lowest BCUT2D eigenvalue weighted by atomic mass is 9.87. The molecule has 46 heavy (non-hydrogen) atoms. The molecule has 0 saturated carbocycles. The molecule has 4 aromatic carbocycles. The van der Waals surface area contributed by atoms with Crippen molar-refractivity contribution in [3.8, 4) is 46.0 Å². The monoisotopic (exact) mass is 622 g/mol. The maximum atomic E-state index is 6.77. The van der Waals surface area contributed by atoms with Crippen molar-refractivity contribution < 1.29 is 28.4 Å². The van der Waals surface area contributed by atoms with Crippen LogP contribution >= 0.6 is 0 Å². The quantitative estimate of drug-likeness (QED) is 0.238. The van der Waals surface area contributed by atoms with Gasteiger partial charge in [0.25, 0.3) is 0 Å². The van der Waals surface area contributed by atoms with Crippen molar-refractivity contribution in [2.24, 2.45) is 0 Å². The molecule has 8 nitrogen and oxygen atoms in total. The summed E-state index contributed by atoms with van der Waals surface area (Å²) in [5.74, 6) is 5.53. The minimum Gasteiger partial charge on any atom is -0.493 e. The average molecular weight is 623 g/mol. The maximum Gasteiger partial charge on any atom is 0.204 e. The molecular formula is C38H42N2O6. The molecule has 8 heteroatoms. The molecule has 0 aliphatic carbocycles. The van der Waals surface area contributed by atoms with Gasteiger partial charge in [-0.3, -0.25) is 9.80 Å². The third kappa shape index (κ3) is 5.29. The molecule has 6 heterocycles. The minimum absolute atomic E-state index is 0.0743. The Kier molecular flexibility index (Phi) is 8.17. The highest BCUT2D eigenvalue weighted by Gasteiger charge is 2.35. The third-order valence-electron chi connectivity index (χ3n) is 9.84. The highest BCUT2D eigenvalue weighted by Crippen LogP contribution is 2.52. The van der Waals surface area contributed by atoms with E-state index in [0.717, 1.165) is 61.4 Å². The number of hydrogen-bond donors (Lipinski definition) is 0. The average Bonchev–Trinajstić information content (AvgIpc) is 3.07. The molecule has 0 unspecified atom stereocenters. The molecule has 0 aromatic heterocycles. The van der Waals surface area contributed by atoms with Crippen LogP contribution in [0.5, 0.6) is 46.0 Å². The lowest BCUT2D eigenvalue weighted by Crippen LogP contribution is -2.34. The Morgan fingerprint density at radius 3 is 1.30 bits per heavy atom. The molecule has 0 amide bonds. The summed E-state index contributed by atoms with van der Waals surface area (Å²) in [5.41, 5.74) is 7.10. The van der Waals surface area contributed by atoms with E-state index >= 15 is 0 Å². The summed E-state index contributed by atoms with van der Waals surface area (Å²) >= 11 is 0. The molecule has 0 fully saturated rings. The van der Waals surface area contributed by atoms with Crippen molar-refractivity contribution in [2.45, 2.75) is 37.8 Å². The normalized spacial score (nSPS) is 19.2. The number of methoxy groups -OCH3 is 4. The third-order valence-corrected chi connectivity index (χ3v) is 9.84. The molecule has 6 aliphatic rings. The molecular weight excluding hydrogens is 580 g/mol. The van der Waals surface area contributed by atoms with Crippen LogP contribution in [-0.2, 0) is 25.7 Å². The van der Waals surface area contributed by atoms with Crippen LogP contribution in [0.25, 0.3) is 0 Å². The summed E-state index contributed by atoms with van der Waals surface area (Å²) in [6, 6.07) is 21.2. The highest BCUT2D eigenvalue weighted by molar-refractivity contribution is 5.64. The van der Waals surface area contributed by atoms with Gasteiger partial charge in [0.1, 0.15) is 11.5 Å². The Balaban J connectivity index is 1.41. The fourth-order valence-corrected chi connectivity index (χ4v) is 7.33. The van der Waals surface area contributed by atoms with Crippen molar-refractivity contribution >= 4 is 0 Å².